The molecule has 2 heterocycles. The van der Waals surface area contributed by atoms with Crippen LogP contribution >= 0.6 is 21.2 Å². The van der Waals surface area contributed by atoms with E-state index in [0.717, 1.165) is 0 Å². The highest BCUT2D eigenvalue weighted by atomic mass is 127. The number of carboxylic acid groups (broad SMARTS) is 1. The molecule has 0 radical (unpaired) electrons. The number of aliphatic hydroxyl groups is 4. The average molecular weight is 492 g/mol. The van der Waals surface area contributed by atoms with Crippen molar-refractivity contribution in [2.75, 3.05) is 7.11 Å². The van der Waals surface area contributed by atoms with Gasteiger partial charge in [0.05, 0.1) is 18.1 Å². The second kappa shape index (κ2) is 7.25. The highest BCUT2D eigenvalue weighted by Gasteiger charge is 2.73. The molecule has 12 heteroatoms. The van der Waals surface area contributed by atoms with E-state index in [1.165, 1.54) is 14.0 Å². The molecule has 11 atom stereocenters. The Kier molecular flexibility index (Phi) is 5.70. The lowest BCUT2D eigenvalue weighted by Gasteiger charge is -2.51. The summed E-state index contributed by atoms with van der Waals surface area (Å²) in [6.07, 6.45) is -10.5. The summed E-state index contributed by atoms with van der Waals surface area (Å²) in [6.45, 7) is 1.41. The van der Waals surface area contributed by atoms with E-state index in [2.05, 4.69) is 0 Å². The number of carbonyl (C=O) groups is 1. The van der Waals surface area contributed by atoms with Crippen LogP contribution in [0.2, 0.25) is 0 Å². The molecule has 1 saturated carbocycles. The Morgan fingerprint density at radius 3 is 2.35 bits per heavy atom. The minimum Gasteiger partial charge on any atom is -0.479 e. The third kappa shape index (κ3) is 2.91. The van der Waals surface area contributed by atoms with Crippen molar-refractivity contribution in [3.63, 3.8) is 0 Å². The first-order valence-electron chi connectivity index (χ1n) is 7.94. The second-order valence-electron chi connectivity index (χ2n) is 6.63. The largest absolute Gasteiger partial charge is 0.479 e. The van der Waals surface area contributed by atoms with Gasteiger partial charge in [0.15, 0.2) is 39.4 Å². The van der Waals surface area contributed by atoms with Gasteiger partial charge in [0.1, 0.15) is 28.3 Å². The van der Waals surface area contributed by atoms with Crippen LogP contribution in [0.3, 0.4) is 0 Å². The van der Waals surface area contributed by atoms with Crippen molar-refractivity contribution in [2.45, 2.75) is 65.7 Å². The number of halogens is 1. The van der Waals surface area contributed by atoms with Crippen LogP contribution in [0.5, 0.6) is 0 Å². The number of carboxylic acids is 1. The number of rotatable bonds is 5. The maximum absolute atomic E-state index is 11.5. The van der Waals surface area contributed by atoms with E-state index >= 15 is 0 Å². The Morgan fingerprint density at radius 1 is 1.15 bits per heavy atom. The molecule has 26 heavy (non-hydrogen) atoms. The van der Waals surface area contributed by atoms with E-state index in [1.807, 2.05) is 0 Å². The lowest BCUT2D eigenvalue weighted by atomic mass is 9.91. The standard InChI is InChI=1S/C14H21IO11/c1-3-5(16)7(18)8(10(24-3)12(19)20)25-13-4-6(17)9(23-2)11(15-22)14(4,21)26-13/h3-11,13,16-18,21H,1-2H3,(H,19,20)/t3-,4?,5?,6?,7?,8?,9?,10?,11?,13?,14?/m1/s1. The van der Waals surface area contributed by atoms with Crippen LogP contribution in [0.15, 0.2) is 0 Å². The number of aliphatic carboxylic acids is 1. The van der Waals surface area contributed by atoms with E-state index in [1.54, 1.807) is 0 Å². The Hall–Kier alpha value is -0.320. The van der Waals surface area contributed by atoms with Gasteiger partial charge >= 0.3 is 5.97 Å². The number of methoxy groups -OCH3 is 1. The fourth-order valence-electron chi connectivity index (χ4n) is 3.76. The van der Waals surface area contributed by atoms with Gasteiger partial charge < -0.3 is 44.5 Å². The predicted octanol–water partition coefficient (Wildman–Crippen LogP) is -2.30. The van der Waals surface area contributed by atoms with E-state index in [-0.39, 0.29) is 0 Å². The van der Waals surface area contributed by atoms with Crippen molar-refractivity contribution in [3.8, 4) is 0 Å². The molecule has 0 amide bonds. The molecular formula is C14H21IO11. The zero-order valence-electron chi connectivity index (χ0n) is 13.8. The molecule has 5 N–H and O–H groups in total. The number of ether oxygens (including phenoxy) is 4. The number of hydrogen-bond acceptors (Lipinski definition) is 10. The van der Waals surface area contributed by atoms with Gasteiger partial charge in [-0.1, -0.05) is 0 Å². The van der Waals surface area contributed by atoms with Crippen molar-refractivity contribution in [1.82, 2.24) is 0 Å². The third-order valence-electron chi connectivity index (χ3n) is 5.19. The molecular weight excluding hydrogens is 471 g/mol. The van der Waals surface area contributed by atoms with Crippen LogP contribution in [0.1, 0.15) is 6.92 Å². The van der Waals surface area contributed by atoms with E-state index < -0.39 is 91.8 Å². The summed E-state index contributed by atoms with van der Waals surface area (Å²) in [5, 5.41) is 50.3. The van der Waals surface area contributed by atoms with Crippen LogP contribution in [0.4, 0.5) is 0 Å². The maximum Gasteiger partial charge on any atom is 0.335 e. The van der Waals surface area contributed by atoms with Crippen molar-refractivity contribution >= 4 is 27.2 Å². The topological polar surface area (TPSA) is 172 Å². The number of aliphatic hydroxyl groups excluding tert-OH is 3. The second-order valence-corrected chi connectivity index (χ2v) is 8.48. The lowest BCUT2D eigenvalue weighted by molar-refractivity contribution is -0.438. The molecule has 11 nitrogen and oxygen atoms in total. The van der Waals surface area contributed by atoms with Crippen LogP contribution in [-0.2, 0) is 26.8 Å². The quantitative estimate of drug-likeness (QED) is 0.207. The molecule has 0 aromatic heterocycles. The maximum atomic E-state index is 11.5. The fourth-order valence-corrected chi connectivity index (χ4v) is 5.69. The van der Waals surface area contributed by atoms with Gasteiger partial charge in [0.2, 0.25) is 0 Å². The summed E-state index contributed by atoms with van der Waals surface area (Å²) in [5.74, 6) is -4.39. The van der Waals surface area contributed by atoms with Crippen molar-refractivity contribution in [2.24, 2.45) is 5.92 Å². The number of alkyl halides is 1. The summed E-state index contributed by atoms with van der Waals surface area (Å²) in [5.41, 5.74) is 0. The SMILES string of the molecule is COC1C(O)C2C(OC3C(C(=O)O)O[C@H](C)C(O)C3O)OC2(O)C1I=O. The minimum atomic E-state index is -1.93. The molecule has 2 aliphatic heterocycles. The number of fused-ring (bicyclic) bond motifs is 1. The highest BCUT2D eigenvalue weighted by Crippen LogP contribution is 2.55. The first kappa shape index (κ1) is 20.4. The predicted molar refractivity (Wildman–Crippen MR) is 87.5 cm³/mol. The van der Waals surface area contributed by atoms with Gasteiger partial charge in [-0.05, 0) is 6.92 Å². The summed E-state index contributed by atoms with van der Waals surface area (Å²) in [7, 11) is 1.29. The highest BCUT2D eigenvalue weighted by molar-refractivity contribution is 14.1. The smallest absolute Gasteiger partial charge is 0.335 e. The third-order valence-corrected chi connectivity index (χ3v) is 7.34. The van der Waals surface area contributed by atoms with Gasteiger partial charge in [0.25, 0.3) is 0 Å². The van der Waals surface area contributed by atoms with Gasteiger partial charge in [-0.25, -0.2) is 4.79 Å². The molecule has 1 aliphatic carbocycles. The molecule has 3 rings (SSSR count). The molecule has 150 valence electrons. The van der Waals surface area contributed by atoms with E-state index in [9.17, 15) is 33.4 Å². The average Bonchev–Trinajstić information content (AvgIpc) is 2.73. The number of hydrogen-bond donors (Lipinski definition) is 5. The molecule has 10 unspecified atom stereocenters. The van der Waals surface area contributed by atoms with Gasteiger partial charge in [-0.3, -0.25) is 3.07 Å². The van der Waals surface area contributed by atoms with E-state index in [4.69, 9.17) is 18.9 Å². The van der Waals surface area contributed by atoms with Crippen LogP contribution in [0.25, 0.3) is 0 Å². The van der Waals surface area contributed by atoms with Crippen molar-refractivity contribution in [1.29, 1.82) is 0 Å². The Balaban J connectivity index is 1.79. The van der Waals surface area contributed by atoms with Crippen LogP contribution in [-0.4, -0.2) is 97.3 Å². The van der Waals surface area contributed by atoms with Gasteiger partial charge in [-0.15, -0.1) is 0 Å². The Bertz CT molecular complexity index is 575. The summed E-state index contributed by atoms with van der Waals surface area (Å²) in [4.78, 5) is 11.4. The van der Waals surface area contributed by atoms with Crippen LogP contribution < -0.4 is 0 Å². The monoisotopic (exact) mass is 492 g/mol. The zero-order valence-corrected chi connectivity index (χ0v) is 16.0. The van der Waals surface area contributed by atoms with E-state index in [0.29, 0.717) is 0 Å². The molecule has 3 aliphatic rings. The summed E-state index contributed by atoms with van der Waals surface area (Å²) < 4.78 is 31.6. The van der Waals surface area contributed by atoms with Crippen LogP contribution in [0, 0.1) is 5.92 Å². The van der Waals surface area contributed by atoms with Crippen molar-refractivity contribution < 1.29 is 52.3 Å². The zero-order chi connectivity index (χ0) is 19.4. The first-order valence-corrected chi connectivity index (χ1v) is 10.1. The lowest BCUT2D eigenvalue weighted by Crippen LogP contribution is -2.67. The molecule has 2 saturated heterocycles. The van der Waals surface area contributed by atoms with Gasteiger partial charge in [0, 0.05) is 7.11 Å². The Morgan fingerprint density at radius 2 is 1.81 bits per heavy atom. The summed E-state index contributed by atoms with van der Waals surface area (Å²) >= 11 is -1.79. The van der Waals surface area contributed by atoms with Crippen molar-refractivity contribution in [3.05, 3.63) is 0 Å². The normalized spacial score (nSPS) is 53.8. The molecule has 0 spiro atoms. The first-order chi connectivity index (χ1) is 12.2. The molecule has 0 aromatic carbocycles. The van der Waals surface area contributed by atoms with Gasteiger partial charge in [-0.2, -0.15) is 0 Å². The Labute approximate surface area is 158 Å². The molecule has 0 aromatic rings. The summed E-state index contributed by atoms with van der Waals surface area (Å²) in [6, 6.07) is 0. The molecule has 3 fully saturated rings. The fraction of sp³-hybridized carbons (Fsp3) is 0.929. The minimum absolute atomic E-state index is 0.931. The molecule has 0 bridgehead atoms.